The second-order valence-electron chi connectivity index (χ2n) is 18.7. The van der Waals surface area contributed by atoms with Crippen LogP contribution in [0.1, 0.15) is 103 Å². The molecule has 11 radical (unpaired) electrons. The molecule has 0 N–H and O–H groups in total. The van der Waals surface area contributed by atoms with Crippen molar-refractivity contribution < 1.29 is 186 Å². The van der Waals surface area contributed by atoms with Crippen molar-refractivity contribution in [3.63, 3.8) is 0 Å². The minimum absolute atomic E-state index is 0.0517. The number of benzene rings is 7. The van der Waals surface area contributed by atoms with Crippen molar-refractivity contribution in [2.75, 3.05) is 0 Å². The SMILES string of the molecule is CC(=O)[O][BiH].CC(=O)[O][GaH].Cc1c(F)cc(C(=O)[O][BiH])cc1F.O=C([O][BiH])C(F)(F)F.O=C([O][BiH])c1c(F)cccc1F.O=C([O][BiH])c1cc(C(F)(F)F)cc(C(F)(F)F)c1.O=C([O][BiH])c1cc(F)c(F)c(F)c1.O=C([O][BiH])c1cc(F)cc(F)c1.O=C([O][BiH])c1ccc(F)cc1.O=C([O][BiH])c1cccc(F)c1.O=C([O][GaH])C(F)(F)F. The molecule has 0 bridgehead atoms. The van der Waals surface area contributed by atoms with Gasteiger partial charge >= 0.3 is 809 Å². The number of halogens is 23. The Balaban J connectivity index is -0.000000604. The molecule has 0 aliphatic heterocycles. The van der Waals surface area contributed by atoms with Gasteiger partial charge in [-0.05, 0) is 0 Å². The molecule has 0 unspecified atom stereocenters. The predicted molar refractivity (Wildman–Crippen MR) is 364 cm³/mol. The van der Waals surface area contributed by atoms with E-state index in [2.05, 4.69) is 32.4 Å². The topological polar surface area (TPSA) is 289 Å². The predicted octanol–water partition coefficient (Wildman–Crippen LogP) is 7.04. The summed E-state index contributed by atoms with van der Waals surface area (Å²) in [5, 5.41) is 0. The molecule has 625 valence electrons. The molecule has 7 aromatic carbocycles. The molecule has 0 atom stereocenters. The fourth-order valence-corrected chi connectivity index (χ4v) is 9.56. The summed E-state index contributed by atoms with van der Waals surface area (Å²) in [5.41, 5.74) is -4.42. The summed E-state index contributed by atoms with van der Waals surface area (Å²) < 4.78 is 325. The summed E-state index contributed by atoms with van der Waals surface area (Å²) in [7, 11) is 0. The van der Waals surface area contributed by atoms with Crippen LogP contribution in [0, 0.1) is 70.9 Å². The van der Waals surface area contributed by atoms with Crippen molar-refractivity contribution in [3.8, 4) is 0 Å². The molecule has 0 fully saturated rings. The van der Waals surface area contributed by atoms with Crippen LogP contribution in [0.2, 0.25) is 0 Å². The Morgan fingerprint density at radius 3 is 0.871 bits per heavy atom. The van der Waals surface area contributed by atoms with Crippen LogP contribution in [0.15, 0.2) is 127 Å². The molecule has 0 aliphatic rings. The van der Waals surface area contributed by atoms with Gasteiger partial charge in [0.15, 0.2) is 0 Å². The van der Waals surface area contributed by atoms with E-state index in [1.807, 2.05) is 0 Å². The van der Waals surface area contributed by atoms with E-state index < -0.39 is 159 Å². The van der Waals surface area contributed by atoms with Crippen molar-refractivity contribution in [3.05, 3.63) is 247 Å². The molecule has 0 aromatic heterocycles. The van der Waals surface area contributed by atoms with Crippen LogP contribution in [-0.2, 0) is 63.9 Å². The number of alkyl halides is 12. The summed E-state index contributed by atoms with van der Waals surface area (Å²) in [6, 6.07) is 20.2. The van der Waals surface area contributed by atoms with Crippen molar-refractivity contribution >= 4 is 330 Å². The average molecular weight is 3570 g/mol. The van der Waals surface area contributed by atoms with Crippen molar-refractivity contribution in [2.45, 2.75) is 45.5 Å². The molecule has 0 aliphatic carbocycles. The first-order chi connectivity index (χ1) is 53.4. The number of carbonyl (C=O) groups is 11. The Morgan fingerprint density at radius 2 is 0.595 bits per heavy atom. The Hall–Kier alpha value is -3.68. The first-order valence-corrected chi connectivity index (χ1v) is 44.4. The molecular weight excluding hydrogens is 3530 g/mol. The third kappa shape index (κ3) is 51.3. The number of hydrogen-bond donors (Lipinski definition) is 0. The van der Waals surface area contributed by atoms with Gasteiger partial charge in [0.05, 0.1) is 0 Å². The molecule has 7 rings (SSSR count). The van der Waals surface area contributed by atoms with E-state index >= 15 is 0 Å². The fourth-order valence-electron chi connectivity index (χ4n) is 5.62. The quantitative estimate of drug-likeness (QED) is 0.0669. The van der Waals surface area contributed by atoms with Gasteiger partial charge in [0.25, 0.3) is 0 Å². The van der Waals surface area contributed by atoms with Gasteiger partial charge in [0.1, 0.15) is 0 Å². The Labute approximate surface area is 797 Å². The van der Waals surface area contributed by atoms with Gasteiger partial charge < -0.3 is 0 Å². The van der Waals surface area contributed by atoms with E-state index in [0.29, 0.717) is 130 Å². The number of carbonyl (C=O) groups excluding carboxylic acids is 11. The summed E-state index contributed by atoms with van der Waals surface area (Å²) in [4.78, 5) is 114. The van der Waals surface area contributed by atoms with Crippen LogP contribution in [0.25, 0.3) is 0 Å². The van der Waals surface area contributed by atoms with Crippen LogP contribution < -0.4 is 0 Å². The summed E-state index contributed by atoms with van der Waals surface area (Å²) in [6.07, 6.45) is -19.6. The molecule has 0 saturated carbocycles. The Morgan fingerprint density at radius 1 is 0.293 bits per heavy atom. The van der Waals surface area contributed by atoms with E-state index in [-0.39, 0.29) is 222 Å². The zero-order valence-electron chi connectivity index (χ0n) is 56.7. The van der Waals surface area contributed by atoms with Crippen molar-refractivity contribution in [2.24, 2.45) is 0 Å². The molecular formula is C60H41Bi9F23Ga2O22. The maximum absolute atomic E-state index is 12.9. The first kappa shape index (κ1) is 119. The summed E-state index contributed by atoms with van der Waals surface area (Å²) in [6.45, 7) is 4.09. The van der Waals surface area contributed by atoms with E-state index in [9.17, 15) is 154 Å². The number of hydrogen-bond acceptors (Lipinski definition) is 22. The normalized spacial score (nSPS) is 9.96. The van der Waals surface area contributed by atoms with Gasteiger partial charge in [-0.25, -0.2) is 0 Å². The van der Waals surface area contributed by atoms with Crippen LogP contribution in [-0.4, -0.2) is 342 Å². The van der Waals surface area contributed by atoms with Crippen LogP contribution in [0.4, 0.5) is 101 Å². The maximum atomic E-state index is 12.9. The van der Waals surface area contributed by atoms with Gasteiger partial charge in [-0.2, -0.15) is 0 Å². The monoisotopic (exact) mass is 3570 g/mol. The van der Waals surface area contributed by atoms with Gasteiger partial charge in [0, 0.05) is 0 Å². The Kier molecular flexibility index (Phi) is 63.0. The molecule has 0 heterocycles. The van der Waals surface area contributed by atoms with E-state index in [1.165, 1.54) is 69.3 Å². The van der Waals surface area contributed by atoms with E-state index in [1.54, 1.807) is 0 Å². The van der Waals surface area contributed by atoms with Crippen molar-refractivity contribution in [1.29, 1.82) is 0 Å². The molecule has 22 nitrogen and oxygen atoms in total. The van der Waals surface area contributed by atoms with Crippen LogP contribution in [0.3, 0.4) is 0 Å². The molecule has 0 saturated heterocycles. The third-order valence-corrected chi connectivity index (χ3v) is 18.9. The van der Waals surface area contributed by atoms with Crippen LogP contribution in [0.5, 0.6) is 0 Å². The first-order valence-electron chi connectivity index (χ1n) is 27.7. The van der Waals surface area contributed by atoms with Crippen LogP contribution >= 0.6 is 0 Å². The second kappa shape index (κ2) is 61.6. The zero-order valence-corrected chi connectivity index (χ0v) is 97.6. The van der Waals surface area contributed by atoms with Crippen molar-refractivity contribution in [1.82, 2.24) is 0 Å². The van der Waals surface area contributed by atoms with E-state index in [4.69, 9.17) is 0 Å². The van der Waals surface area contributed by atoms with Gasteiger partial charge in [0.2, 0.25) is 0 Å². The standard InChI is InChI=1S/C9H4F6O2.C8H6F2O2.C7H3F3O2.2C7H4F2O2.2C7H5FO2.2C2HF3O2.2C2H4O2.9Bi.2Ga.11H/c10-8(11,12)5-1-4(7(16)17)2-6(3-5)9(13,14)15;1-4-6(9)2-5(8(11)12)3-7(4)10;8-4-1-3(7(11)12)2-5(9)6(4)10;8-5-1-4(7(10)11)2-6(9)3-5;8-4-2-1-3-5(9)6(4)7(10)11;8-6-3-1-5(2-4-6)7(9)10;8-6-3-1-2-5(4-6)7(9)10;2*3-2(4,5)1(6)7;2*1-2(3)4;;;;;;;;;;;;;;;;;;;;;;/h1-3H,(H,16,17);2-3H,1H3,(H,11,12);1-2H,(H,11,12);2*1-3H,(H,10,11);2*1-4H,(H,9,10);2*(H,6,7);2*1H3,(H,3,4);;;;;;;;;;;;;;;;;;;;;;/q;;;;;;;;;;;11*+1;;;;;;;;;;;/p-11. The van der Waals surface area contributed by atoms with E-state index in [0.717, 1.165) is 42.5 Å². The number of rotatable bonds is 7. The van der Waals surface area contributed by atoms with Gasteiger partial charge in [-0.1, -0.05) is 0 Å². The summed E-state index contributed by atoms with van der Waals surface area (Å²) >= 11 is 2.00. The summed E-state index contributed by atoms with van der Waals surface area (Å²) in [5.74, 6) is -19.8. The zero-order chi connectivity index (χ0) is 91.1. The van der Waals surface area contributed by atoms with Gasteiger partial charge in [-0.3, -0.25) is 0 Å². The minimum atomic E-state index is -4.97. The molecule has 0 amide bonds. The fraction of sp³-hybridized carbons (Fsp3) is 0.117. The third-order valence-electron chi connectivity index (χ3n) is 10.6. The molecule has 0 spiro atoms. The van der Waals surface area contributed by atoms with Gasteiger partial charge in [-0.15, -0.1) is 0 Å². The Bertz CT molecular complexity index is 4200. The average Bonchev–Trinajstić information content (AvgIpc) is 0.758. The molecule has 56 heteroatoms. The second-order valence-corrected chi connectivity index (χ2v) is 27.0. The molecule has 7 aromatic rings. The molecule has 116 heavy (non-hydrogen) atoms.